The third kappa shape index (κ3) is 1.76. The fraction of sp³-hybridized carbons (Fsp3) is 1.00. The molecule has 6 atom stereocenters. The van der Waals surface area contributed by atoms with Crippen molar-refractivity contribution < 1.29 is 32.4 Å². The summed E-state index contributed by atoms with van der Waals surface area (Å²) in [5.74, 6) is -0.0568. The van der Waals surface area contributed by atoms with Crippen molar-refractivity contribution in [2.24, 2.45) is 11.8 Å². The van der Waals surface area contributed by atoms with Crippen LogP contribution in [0.3, 0.4) is 0 Å². The highest BCUT2D eigenvalue weighted by atomic mass is 19.4. The van der Waals surface area contributed by atoms with E-state index < -0.39 is 30.5 Å². The van der Waals surface area contributed by atoms with Gasteiger partial charge in [-0.15, -0.1) is 0 Å². The van der Waals surface area contributed by atoms with Gasteiger partial charge in [-0.1, -0.05) is 6.42 Å². The van der Waals surface area contributed by atoms with Gasteiger partial charge < -0.3 is 9.47 Å². The fourth-order valence-corrected chi connectivity index (χ4v) is 4.30. The fourth-order valence-electron chi connectivity index (χ4n) is 4.30. The standard InChI is InChI=1S/C13H17F3O4/c14-13(15,16)9-6-8-3-1-2-7-4-5-10-18-11(17-9)12(7,8)20-19-10/h7-11H,1-6H2. The highest BCUT2D eigenvalue weighted by molar-refractivity contribution is 5.06. The maximum absolute atomic E-state index is 13.0. The molecule has 0 radical (unpaired) electrons. The van der Waals surface area contributed by atoms with Crippen LogP contribution in [0.25, 0.3) is 0 Å². The average Bonchev–Trinajstić information content (AvgIpc) is 2.67. The summed E-state index contributed by atoms with van der Waals surface area (Å²) in [6.45, 7) is 0. The van der Waals surface area contributed by atoms with Crippen molar-refractivity contribution >= 4 is 0 Å². The Morgan fingerprint density at radius 1 is 0.950 bits per heavy atom. The zero-order valence-corrected chi connectivity index (χ0v) is 10.9. The molecule has 0 aromatic rings. The largest absolute Gasteiger partial charge is 0.414 e. The van der Waals surface area contributed by atoms with Gasteiger partial charge in [0.1, 0.15) is 0 Å². The molecule has 4 nitrogen and oxygen atoms in total. The molecule has 0 aromatic carbocycles. The first-order chi connectivity index (χ1) is 9.50. The summed E-state index contributed by atoms with van der Waals surface area (Å²) in [6, 6.07) is 0. The van der Waals surface area contributed by atoms with Gasteiger partial charge in [0, 0.05) is 6.42 Å². The van der Waals surface area contributed by atoms with E-state index in [0.29, 0.717) is 12.8 Å². The normalized spacial score (nSPS) is 51.5. The Labute approximate surface area is 114 Å². The molecule has 5 aliphatic rings. The second-order valence-electron chi connectivity index (χ2n) is 6.23. The van der Waals surface area contributed by atoms with Crippen molar-refractivity contribution in [3.8, 4) is 0 Å². The lowest BCUT2D eigenvalue weighted by molar-refractivity contribution is -0.543. The summed E-state index contributed by atoms with van der Waals surface area (Å²) >= 11 is 0. The summed E-state index contributed by atoms with van der Waals surface area (Å²) in [5, 5.41) is 0. The van der Waals surface area contributed by atoms with Gasteiger partial charge in [0.25, 0.3) is 0 Å². The molecule has 0 N–H and O–H groups in total. The topological polar surface area (TPSA) is 36.9 Å². The summed E-state index contributed by atoms with van der Waals surface area (Å²) in [6.07, 6.45) is -3.66. The van der Waals surface area contributed by atoms with Gasteiger partial charge in [0.15, 0.2) is 24.3 Å². The summed E-state index contributed by atoms with van der Waals surface area (Å²) in [7, 11) is 0. The van der Waals surface area contributed by atoms with Crippen molar-refractivity contribution in [1.82, 2.24) is 0 Å². The van der Waals surface area contributed by atoms with Crippen LogP contribution in [0, 0.1) is 11.8 Å². The smallest absolute Gasteiger partial charge is 0.337 e. The number of ether oxygens (including phenoxy) is 2. The monoisotopic (exact) mass is 294 g/mol. The first-order valence-electron chi connectivity index (χ1n) is 7.22. The number of hydrogen-bond acceptors (Lipinski definition) is 4. The van der Waals surface area contributed by atoms with Gasteiger partial charge in [-0.25, -0.2) is 9.78 Å². The molecule has 1 spiro atoms. The zero-order chi connectivity index (χ0) is 14.0. The number of alkyl halides is 3. The van der Waals surface area contributed by atoms with Crippen LogP contribution in [0.15, 0.2) is 0 Å². The number of halogens is 3. The predicted octanol–water partition coefficient (Wildman–Crippen LogP) is 2.92. The van der Waals surface area contributed by atoms with E-state index in [1.807, 2.05) is 0 Å². The SMILES string of the molecule is FC(F)(F)C1CC2CCCC3CCC4OOC32C(O4)O1. The molecule has 1 aliphatic carbocycles. The summed E-state index contributed by atoms with van der Waals surface area (Å²) in [5.41, 5.74) is -0.840. The highest BCUT2D eigenvalue weighted by Crippen LogP contribution is 2.56. The lowest BCUT2D eigenvalue weighted by Gasteiger charge is -2.55. The van der Waals surface area contributed by atoms with Crippen LogP contribution in [0.4, 0.5) is 13.2 Å². The van der Waals surface area contributed by atoms with Crippen LogP contribution in [0.5, 0.6) is 0 Å². The lowest BCUT2D eigenvalue weighted by Crippen LogP contribution is -2.67. The highest BCUT2D eigenvalue weighted by Gasteiger charge is 2.66. The van der Waals surface area contributed by atoms with Gasteiger partial charge in [0.2, 0.25) is 0 Å². The van der Waals surface area contributed by atoms with E-state index in [1.165, 1.54) is 0 Å². The molecule has 1 saturated carbocycles. The van der Waals surface area contributed by atoms with Crippen LogP contribution in [-0.2, 0) is 19.2 Å². The van der Waals surface area contributed by atoms with Gasteiger partial charge >= 0.3 is 6.18 Å². The first kappa shape index (κ1) is 13.3. The second-order valence-corrected chi connectivity index (χ2v) is 6.23. The predicted molar refractivity (Wildman–Crippen MR) is 59.2 cm³/mol. The molecular weight excluding hydrogens is 277 g/mol. The Morgan fingerprint density at radius 3 is 2.55 bits per heavy atom. The van der Waals surface area contributed by atoms with E-state index >= 15 is 0 Å². The number of rotatable bonds is 0. The Kier molecular flexibility index (Phi) is 2.87. The van der Waals surface area contributed by atoms with E-state index in [0.717, 1.165) is 19.3 Å². The quantitative estimate of drug-likeness (QED) is 0.644. The molecule has 4 aliphatic heterocycles. The van der Waals surface area contributed by atoms with Crippen molar-refractivity contribution in [1.29, 1.82) is 0 Å². The summed E-state index contributed by atoms with van der Waals surface area (Å²) < 4.78 is 49.9. The molecule has 5 fully saturated rings. The molecule has 0 aromatic heterocycles. The summed E-state index contributed by atoms with van der Waals surface area (Å²) in [4.78, 5) is 10.8. The zero-order valence-electron chi connectivity index (χ0n) is 10.9. The van der Waals surface area contributed by atoms with Crippen LogP contribution in [0.1, 0.15) is 38.5 Å². The number of fused-ring (bicyclic) bond motifs is 2. The minimum Gasteiger partial charge on any atom is -0.337 e. The third-order valence-electron chi connectivity index (χ3n) is 5.23. The van der Waals surface area contributed by atoms with E-state index in [-0.39, 0.29) is 18.3 Å². The molecule has 114 valence electrons. The Bertz CT molecular complexity index is 402. The minimum absolute atomic E-state index is 0.0616. The minimum atomic E-state index is -4.36. The molecule has 2 bridgehead atoms. The van der Waals surface area contributed by atoms with Crippen LogP contribution in [0.2, 0.25) is 0 Å². The first-order valence-corrected chi connectivity index (χ1v) is 7.22. The van der Waals surface area contributed by atoms with Gasteiger partial charge in [-0.2, -0.15) is 13.2 Å². The van der Waals surface area contributed by atoms with Crippen molar-refractivity contribution in [3.63, 3.8) is 0 Å². The van der Waals surface area contributed by atoms with Crippen LogP contribution in [-0.4, -0.2) is 30.5 Å². The van der Waals surface area contributed by atoms with Gasteiger partial charge in [-0.3, -0.25) is 0 Å². The Morgan fingerprint density at radius 2 is 1.75 bits per heavy atom. The average molecular weight is 294 g/mol. The molecular formula is C13H17F3O4. The van der Waals surface area contributed by atoms with Crippen molar-refractivity contribution in [2.75, 3.05) is 0 Å². The molecule has 6 unspecified atom stereocenters. The maximum Gasteiger partial charge on any atom is 0.414 e. The van der Waals surface area contributed by atoms with Gasteiger partial charge in [0.05, 0.1) is 0 Å². The Hall–Kier alpha value is -0.370. The Balaban J connectivity index is 1.71. The molecule has 5 rings (SSSR count). The van der Waals surface area contributed by atoms with E-state index in [9.17, 15) is 13.2 Å². The van der Waals surface area contributed by atoms with Crippen LogP contribution >= 0.6 is 0 Å². The molecule has 7 heteroatoms. The number of hydrogen-bond donors (Lipinski definition) is 0. The van der Waals surface area contributed by atoms with Crippen LogP contribution < -0.4 is 0 Å². The maximum atomic E-state index is 13.0. The molecule has 4 heterocycles. The second kappa shape index (κ2) is 4.32. The molecule has 20 heavy (non-hydrogen) atoms. The van der Waals surface area contributed by atoms with Crippen molar-refractivity contribution in [3.05, 3.63) is 0 Å². The lowest BCUT2D eigenvalue weighted by atomic mass is 9.64. The van der Waals surface area contributed by atoms with Gasteiger partial charge in [-0.05, 0) is 37.5 Å². The van der Waals surface area contributed by atoms with E-state index in [1.54, 1.807) is 0 Å². The van der Waals surface area contributed by atoms with Crippen molar-refractivity contribution in [2.45, 2.75) is 69.0 Å². The molecule has 0 amide bonds. The van der Waals surface area contributed by atoms with E-state index in [2.05, 4.69) is 0 Å². The third-order valence-corrected chi connectivity index (χ3v) is 5.23. The molecule has 4 saturated heterocycles. The van der Waals surface area contributed by atoms with E-state index in [4.69, 9.17) is 19.2 Å².